The van der Waals surface area contributed by atoms with Crippen LogP contribution in [0.15, 0.2) is 41.9 Å². The van der Waals surface area contributed by atoms with Crippen LogP contribution in [0.4, 0.5) is 20.3 Å². The van der Waals surface area contributed by atoms with Gasteiger partial charge in [-0.3, -0.25) is 9.69 Å². The number of nitrogen functional groups attached to an aromatic ring is 1. The summed E-state index contributed by atoms with van der Waals surface area (Å²) in [7, 11) is 0. The van der Waals surface area contributed by atoms with Crippen LogP contribution in [0, 0.1) is 11.6 Å². The van der Waals surface area contributed by atoms with Gasteiger partial charge >= 0.3 is 0 Å². The van der Waals surface area contributed by atoms with Crippen LogP contribution in [0.25, 0.3) is 11.1 Å². The number of likely N-dealkylation sites (tertiary alicyclic amines) is 1. The molecule has 1 aliphatic rings. The topological polar surface area (TPSA) is 137 Å². The van der Waals surface area contributed by atoms with Gasteiger partial charge in [0.15, 0.2) is 17.4 Å². The Morgan fingerprint density at radius 1 is 1.11 bits per heavy atom. The van der Waals surface area contributed by atoms with Crippen molar-refractivity contribution >= 4 is 17.3 Å². The average molecular weight is 528 g/mol. The summed E-state index contributed by atoms with van der Waals surface area (Å²) in [5, 5.41) is 8.88. The van der Waals surface area contributed by atoms with Crippen LogP contribution in [-0.2, 0) is 6.54 Å². The standard InChI is InChI=1S/C26H35F2N9O/c1-2-9-36-17-19(16-33-36)18-14-20(25(29)32-15-18)26(34-30)37(31)21-7-8-22(24(28)23(21)27)38-13-6-5-12-35-10-3-4-11-35/h7-8,14-17H,2-6,9-13,30-31H2,1H3,(H2,29,32)/b34-26-. The molecular formula is C26H35F2N9O. The second kappa shape index (κ2) is 12.7. The number of ether oxygens (including phenoxy) is 1. The van der Waals surface area contributed by atoms with E-state index in [-0.39, 0.29) is 35.3 Å². The number of rotatable bonds is 11. The highest BCUT2D eigenvalue weighted by molar-refractivity contribution is 6.12. The zero-order chi connectivity index (χ0) is 27.1. The monoisotopic (exact) mass is 527 g/mol. The van der Waals surface area contributed by atoms with Gasteiger partial charge in [0.1, 0.15) is 5.82 Å². The molecule has 0 radical (unpaired) electrons. The third-order valence-corrected chi connectivity index (χ3v) is 6.54. The van der Waals surface area contributed by atoms with Gasteiger partial charge in [0.05, 0.1) is 24.1 Å². The summed E-state index contributed by atoms with van der Waals surface area (Å²) in [4.78, 5) is 6.62. The Labute approximate surface area is 221 Å². The van der Waals surface area contributed by atoms with Crippen molar-refractivity contribution in [1.29, 1.82) is 0 Å². The van der Waals surface area contributed by atoms with Gasteiger partial charge in [0.25, 0.3) is 0 Å². The number of hydrazone groups is 1. The van der Waals surface area contributed by atoms with E-state index in [4.69, 9.17) is 22.2 Å². The highest BCUT2D eigenvalue weighted by atomic mass is 19.2. The van der Waals surface area contributed by atoms with Gasteiger partial charge in [-0.2, -0.15) is 14.6 Å². The lowest BCUT2D eigenvalue weighted by atomic mass is 10.1. The number of anilines is 2. The number of nitrogens with zero attached hydrogens (tertiary/aromatic N) is 6. The van der Waals surface area contributed by atoms with Gasteiger partial charge < -0.3 is 21.2 Å². The van der Waals surface area contributed by atoms with Gasteiger partial charge in [0.2, 0.25) is 5.82 Å². The summed E-state index contributed by atoms with van der Waals surface area (Å²) in [5.74, 6) is 9.27. The summed E-state index contributed by atoms with van der Waals surface area (Å²) < 4.78 is 37.3. The molecule has 1 aromatic carbocycles. The molecule has 38 heavy (non-hydrogen) atoms. The molecule has 1 aliphatic heterocycles. The maximum atomic E-state index is 15.1. The van der Waals surface area contributed by atoms with Crippen molar-refractivity contribution in [3.05, 3.63) is 54.0 Å². The van der Waals surface area contributed by atoms with Crippen molar-refractivity contribution in [3.63, 3.8) is 0 Å². The van der Waals surface area contributed by atoms with Crippen LogP contribution in [0.5, 0.6) is 5.75 Å². The van der Waals surface area contributed by atoms with E-state index in [1.807, 2.05) is 10.9 Å². The van der Waals surface area contributed by atoms with Gasteiger partial charge in [-0.25, -0.2) is 15.2 Å². The number of pyridine rings is 1. The quantitative estimate of drug-likeness (QED) is 0.113. The molecule has 0 amide bonds. The molecular weight excluding hydrogens is 492 g/mol. The first-order chi connectivity index (χ1) is 18.4. The first kappa shape index (κ1) is 27.3. The number of nitrogens with two attached hydrogens (primary N) is 3. The molecule has 0 aliphatic carbocycles. The summed E-state index contributed by atoms with van der Waals surface area (Å²) >= 11 is 0. The van der Waals surface area contributed by atoms with Gasteiger partial charge in [-0.05, 0) is 69.9 Å². The summed E-state index contributed by atoms with van der Waals surface area (Å²) in [6, 6.07) is 4.32. The fourth-order valence-electron chi connectivity index (χ4n) is 4.50. The molecule has 0 atom stereocenters. The van der Waals surface area contributed by atoms with Crippen molar-refractivity contribution in [2.75, 3.05) is 37.0 Å². The van der Waals surface area contributed by atoms with E-state index < -0.39 is 11.6 Å². The van der Waals surface area contributed by atoms with E-state index in [0.717, 1.165) is 56.0 Å². The second-order valence-electron chi connectivity index (χ2n) is 9.29. The molecule has 0 spiro atoms. The minimum absolute atomic E-state index is 0.0733. The highest BCUT2D eigenvalue weighted by Crippen LogP contribution is 2.30. The van der Waals surface area contributed by atoms with Crippen molar-refractivity contribution < 1.29 is 13.5 Å². The van der Waals surface area contributed by atoms with Crippen molar-refractivity contribution in [3.8, 4) is 16.9 Å². The predicted molar refractivity (Wildman–Crippen MR) is 144 cm³/mol. The number of benzene rings is 1. The smallest absolute Gasteiger partial charge is 0.202 e. The maximum Gasteiger partial charge on any atom is 0.202 e. The van der Waals surface area contributed by atoms with E-state index in [0.29, 0.717) is 5.56 Å². The van der Waals surface area contributed by atoms with Crippen LogP contribution < -0.4 is 27.2 Å². The van der Waals surface area contributed by atoms with E-state index in [1.165, 1.54) is 25.0 Å². The number of aromatic nitrogens is 3. The van der Waals surface area contributed by atoms with E-state index in [1.54, 1.807) is 18.5 Å². The Morgan fingerprint density at radius 3 is 2.63 bits per heavy atom. The lowest BCUT2D eigenvalue weighted by Crippen LogP contribution is -2.40. The summed E-state index contributed by atoms with van der Waals surface area (Å²) in [6.07, 6.45) is 10.2. The Balaban J connectivity index is 1.47. The number of hydrazine groups is 1. The number of hydrogen-bond acceptors (Lipinski definition) is 8. The minimum atomic E-state index is -1.19. The third kappa shape index (κ3) is 6.20. The van der Waals surface area contributed by atoms with E-state index in [2.05, 4.69) is 27.0 Å². The summed E-state index contributed by atoms with van der Waals surface area (Å²) in [6.45, 7) is 6.35. The number of amidine groups is 1. The molecule has 0 unspecified atom stereocenters. The minimum Gasteiger partial charge on any atom is -0.490 e. The Bertz CT molecular complexity index is 1260. The first-order valence-electron chi connectivity index (χ1n) is 12.9. The normalized spacial score (nSPS) is 14.3. The molecule has 6 N–H and O–H groups in total. The number of hydrogen-bond donors (Lipinski definition) is 3. The molecule has 10 nitrogen and oxygen atoms in total. The molecule has 1 saturated heterocycles. The largest absolute Gasteiger partial charge is 0.490 e. The fourth-order valence-corrected chi connectivity index (χ4v) is 4.50. The van der Waals surface area contributed by atoms with Gasteiger partial charge in [0, 0.05) is 30.1 Å². The lowest BCUT2D eigenvalue weighted by Gasteiger charge is -2.22. The van der Waals surface area contributed by atoms with Crippen molar-refractivity contribution in [1.82, 2.24) is 19.7 Å². The molecule has 0 bridgehead atoms. The van der Waals surface area contributed by atoms with Gasteiger partial charge in [-0.15, -0.1) is 0 Å². The molecule has 204 valence electrons. The number of halogens is 2. The predicted octanol–water partition coefficient (Wildman–Crippen LogP) is 3.47. The SMILES string of the molecule is CCCn1cc(-c2cnc(N)c(/C(=N/N)N(N)c3ccc(OCCCCN4CCCC4)c(F)c3F)c2)cn1. The Hall–Kier alpha value is -3.77. The van der Waals surface area contributed by atoms with Crippen molar-refractivity contribution in [2.45, 2.75) is 45.6 Å². The highest BCUT2D eigenvalue weighted by Gasteiger charge is 2.24. The molecule has 4 rings (SSSR count). The first-order valence-corrected chi connectivity index (χ1v) is 12.9. The second-order valence-corrected chi connectivity index (χ2v) is 9.29. The van der Waals surface area contributed by atoms with Crippen LogP contribution in [0.1, 0.15) is 44.6 Å². The number of aryl methyl sites for hydroxylation is 1. The molecule has 2 aromatic heterocycles. The third-order valence-electron chi connectivity index (χ3n) is 6.54. The van der Waals surface area contributed by atoms with E-state index >= 15 is 4.39 Å². The summed E-state index contributed by atoms with van der Waals surface area (Å²) in [5.41, 5.74) is 7.54. The molecule has 3 aromatic rings. The Kier molecular flexibility index (Phi) is 9.08. The average Bonchev–Trinajstić information content (AvgIpc) is 3.60. The number of unbranched alkanes of at least 4 members (excludes halogenated alkanes) is 1. The van der Waals surface area contributed by atoms with Crippen molar-refractivity contribution in [2.24, 2.45) is 16.8 Å². The molecule has 12 heteroatoms. The molecule has 0 saturated carbocycles. The van der Waals surface area contributed by atoms with Crippen LogP contribution in [0.3, 0.4) is 0 Å². The fraction of sp³-hybridized carbons (Fsp3) is 0.423. The zero-order valence-electron chi connectivity index (χ0n) is 21.6. The maximum absolute atomic E-state index is 15.1. The van der Waals surface area contributed by atoms with E-state index in [9.17, 15) is 4.39 Å². The lowest BCUT2D eigenvalue weighted by molar-refractivity contribution is 0.268. The Morgan fingerprint density at radius 2 is 1.89 bits per heavy atom. The van der Waals surface area contributed by atoms with Crippen LogP contribution in [0.2, 0.25) is 0 Å². The zero-order valence-corrected chi connectivity index (χ0v) is 21.6. The molecule has 3 heterocycles. The van der Waals surface area contributed by atoms with Crippen LogP contribution >= 0.6 is 0 Å². The van der Waals surface area contributed by atoms with Crippen LogP contribution in [-0.4, -0.2) is 51.7 Å². The molecule has 1 fully saturated rings. The van der Waals surface area contributed by atoms with Gasteiger partial charge in [-0.1, -0.05) is 6.92 Å².